The van der Waals surface area contributed by atoms with Crippen LogP contribution < -0.4 is 5.32 Å². The van der Waals surface area contributed by atoms with Gasteiger partial charge in [0.05, 0.1) is 21.2 Å². The summed E-state index contributed by atoms with van der Waals surface area (Å²) in [5, 5.41) is 16.3. The van der Waals surface area contributed by atoms with Gasteiger partial charge in [-0.3, -0.25) is 4.79 Å². The number of rotatable bonds is 4. The number of amides is 1. The fourth-order valence-corrected chi connectivity index (χ4v) is 2.73. The van der Waals surface area contributed by atoms with E-state index in [1.807, 2.05) is 5.38 Å². The molecule has 1 amide bonds. The Morgan fingerprint density at radius 2 is 2.15 bits per heavy atom. The molecule has 2 rings (SSSR count). The van der Waals surface area contributed by atoms with Crippen LogP contribution in [0.4, 0.5) is 0 Å². The summed E-state index contributed by atoms with van der Waals surface area (Å²) in [4.78, 5) is 15.8. The highest BCUT2D eigenvalue weighted by molar-refractivity contribution is 7.07. The maximum Gasteiger partial charge on any atom is 0.271 e. The SMILES string of the molecule is O=C(NCC(O)c1ccsc1)c1ncc(Cl)c(Cl)c1Cl. The maximum atomic E-state index is 11.9. The molecule has 1 unspecified atom stereocenters. The average molecular weight is 352 g/mol. The molecule has 4 nitrogen and oxygen atoms in total. The molecule has 0 saturated carbocycles. The van der Waals surface area contributed by atoms with Gasteiger partial charge in [-0.05, 0) is 22.4 Å². The Balaban J connectivity index is 2.04. The molecular formula is C12H9Cl3N2O2S. The molecule has 0 spiro atoms. The van der Waals surface area contributed by atoms with E-state index < -0.39 is 12.0 Å². The van der Waals surface area contributed by atoms with Crippen LogP contribution in [0.15, 0.2) is 23.0 Å². The van der Waals surface area contributed by atoms with Gasteiger partial charge in [-0.2, -0.15) is 11.3 Å². The highest BCUT2D eigenvalue weighted by Gasteiger charge is 2.18. The second-order valence-corrected chi connectivity index (χ2v) is 5.81. The summed E-state index contributed by atoms with van der Waals surface area (Å²) < 4.78 is 0. The van der Waals surface area contributed by atoms with Crippen LogP contribution in [0.5, 0.6) is 0 Å². The van der Waals surface area contributed by atoms with Crippen molar-refractivity contribution in [3.63, 3.8) is 0 Å². The molecule has 0 radical (unpaired) electrons. The van der Waals surface area contributed by atoms with Crippen LogP contribution in [0.1, 0.15) is 22.2 Å². The Labute approximate surface area is 134 Å². The van der Waals surface area contributed by atoms with Crippen molar-refractivity contribution in [2.24, 2.45) is 0 Å². The van der Waals surface area contributed by atoms with Gasteiger partial charge in [-0.1, -0.05) is 34.8 Å². The van der Waals surface area contributed by atoms with E-state index in [0.29, 0.717) is 0 Å². The Kier molecular flexibility index (Phi) is 5.23. The zero-order chi connectivity index (χ0) is 14.7. The fourth-order valence-electron chi connectivity index (χ4n) is 1.46. The van der Waals surface area contributed by atoms with E-state index in [-0.39, 0.29) is 27.3 Å². The molecule has 2 heterocycles. The van der Waals surface area contributed by atoms with Crippen molar-refractivity contribution in [2.45, 2.75) is 6.10 Å². The van der Waals surface area contributed by atoms with E-state index in [9.17, 15) is 9.90 Å². The number of aliphatic hydroxyl groups is 1. The van der Waals surface area contributed by atoms with Crippen LogP contribution >= 0.6 is 46.1 Å². The lowest BCUT2D eigenvalue weighted by Gasteiger charge is -2.11. The fraction of sp³-hybridized carbons (Fsp3) is 0.167. The zero-order valence-electron chi connectivity index (χ0n) is 9.94. The minimum atomic E-state index is -0.785. The van der Waals surface area contributed by atoms with Crippen LogP contribution in [0, 0.1) is 0 Å². The molecule has 0 saturated heterocycles. The van der Waals surface area contributed by atoms with E-state index in [2.05, 4.69) is 10.3 Å². The van der Waals surface area contributed by atoms with Crippen LogP contribution in [0.3, 0.4) is 0 Å². The molecule has 2 aromatic rings. The van der Waals surface area contributed by atoms with Crippen LogP contribution in [-0.2, 0) is 0 Å². The van der Waals surface area contributed by atoms with E-state index in [4.69, 9.17) is 34.8 Å². The molecule has 0 bridgehead atoms. The molecule has 0 aliphatic heterocycles. The minimum absolute atomic E-state index is 0.0123. The number of nitrogens with zero attached hydrogens (tertiary/aromatic N) is 1. The number of aromatic nitrogens is 1. The molecule has 0 aliphatic rings. The third-order valence-corrected chi connectivity index (χ3v) is 4.46. The topological polar surface area (TPSA) is 62.2 Å². The van der Waals surface area contributed by atoms with Crippen molar-refractivity contribution in [3.8, 4) is 0 Å². The third kappa shape index (κ3) is 3.42. The summed E-state index contributed by atoms with van der Waals surface area (Å²) in [6, 6.07) is 1.78. The Hall–Kier alpha value is -0.850. The van der Waals surface area contributed by atoms with Gasteiger partial charge in [0.1, 0.15) is 5.69 Å². The third-order valence-electron chi connectivity index (χ3n) is 2.52. The lowest BCUT2D eigenvalue weighted by molar-refractivity contribution is 0.0912. The monoisotopic (exact) mass is 350 g/mol. The number of hydrogen-bond acceptors (Lipinski definition) is 4. The van der Waals surface area contributed by atoms with E-state index in [0.717, 1.165) is 5.56 Å². The number of halogens is 3. The Morgan fingerprint density at radius 3 is 2.80 bits per heavy atom. The van der Waals surface area contributed by atoms with Crippen molar-refractivity contribution in [3.05, 3.63) is 49.3 Å². The molecule has 0 aromatic carbocycles. The largest absolute Gasteiger partial charge is 0.387 e. The highest BCUT2D eigenvalue weighted by Crippen LogP contribution is 2.31. The second-order valence-electron chi connectivity index (χ2n) is 3.87. The number of pyridine rings is 1. The van der Waals surface area contributed by atoms with Crippen LogP contribution in [-0.4, -0.2) is 22.5 Å². The standard InChI is InChI=1S/C12H9Cl3N2O2S/c13-7-3-16-11(10(15)9(7)14)12(19)17-4-8(18)6-1-2-20-5-6/h1-3,5,8,18H,4H2,(H,17,19). The normalized spacial score (nSPS) is 12.2. The van der Waals surface area contributed by atoms with Gasteiger partial charge < -0.3 is 10.4 Å². The Bertz CT molecular complexity index is 619. The number of aliphatic hydroxyl groups excluding tert-OH is 1. The molecule has 0 fully saturated rings. The first-order valence-electron chi connectivity index (χ1n) is 5.48. The first-order chi connectivity index (χ1) is 9.50. The first kappa shape index (κ1) is 15.5. The summed E-state index contributed by atoms with van der Waals surface area (Å²) in [6.07, 6.45) is 0.465. The molecule has 20 heavy (non-hydrogen) atoms. The number of nitrogens with one attached hydrogen (secondary N) is 1. The minimum Gasteiger partial charge on any atom is -0.387 e. The zero-order valence-corrected chi connectivity index (χ0v) is 13.0. The van der Waals surface area contributed by atoms with Gasteiger partial charge >= 0.3 is 0 Å². The Morgan fingerprint density at radius 1 is 1.40 bits per heavy atom. The second kappa shape index (κ2) is 6.74. The van der Waals surface area contributed by atoms with Crippen molar-refractivity contribution in [2.75, 3.05) is 6.54 Å². The van der Waals surface area contributed by atoms with Gasteiger partial charge in [0.15, 0.2) is 0 Å². The number of hydrogen-bond donors (Lipinski definition) is 2. The number of carbonyl (C=O) groups is 1. The van der Waals surface area contributed by atoms with E-state index in [1.165, 1.54) is 17.5 Å². The van der Waals surface area contributed by atoms with Gasteiger partial charge in [0, 0.05) is 12.7 Å². The molecular weight excluding hydrogens is 343 g/mol. The molecule has 2 aromatic heterocycles. The average Bonchev–Trinajstić information content (AvgIpc) is 2.96. The lowest BCUT2D eigenvalue weighted by Crippen LogP contribution is -2.29. The van der Waals surface area contributed by atoms with E-state index in [1.54, 1.807) is 11.4 Å². The van der Waals surface area contributed by atoms with Crippen molar-refractivity contribution in [1.82, 2.24) is 10.3 Å². The van der Waals surface area contributed by atoms with Crippen LogP contribution in [0.25, 0.3) is 0 Å². The quantitative estimate of drug-likeness (QED) is 0.885. The van der Waals surface area contributed by atoms with Gasteiger partial charge in [0.2, 0.25) is 0 Å². The highest BCUT2D eigenvalue weighted by atomic mass is 35.5. The van der Waals surface area contributed by atoms with Gasteiger partial charge in [-0.15, -0.1) is 0 Å². The molecule has 1 atom stereocenters. The smallest absolute Gasteiger partial charge is 0.271 e. The summed E-state index contributed by atoms with van der Waals surface area (Å²) >= 11 is 18.9. The molecule has 2 N–H and O–H groups in total. The summed E-state index contributed by atoms with van der Waals surface area (Å²) in [5.74, 6) is -0.525. The predicted octanol–water partition coefficient (Wildman–Crippen LogP) is 3.57. The lowest BCUT2D eigenvalue weighted by atomic mass is 10.2. The summed E-state index contributed by atoms with van der Waals surface area (Å²) in [5.41, 5.74) is 0.710. The summed E-state index contributed by atoms with van der Waals surface area (Å²) in [7, 11) is 0. The molecule has 8 heteroatoms. The van der Waals surface area contributed by atoms with Gasteiger partial charge in [0.25, 0.3) is 5.91 Å². The number of thiophene rings is 1. The molecule has 106 valence electrons. The summed E-state index contributed by atoms with van der Waals surface area (Å²) in [6.45, 7) is 0.0494. The first-order valence-corrected chi connectivity index (χ1v) is 7.56. The maximum absolute atomic E-state index is 11.9. The van der Waals surface area contributed by atoms with Crippen LogP contribution in [0.2, 0.25) is 15.1 Å². The van der Waals surface area contributed by atoms with Gasteiger partial charge in [-0.25, -0.2) is 4.98 Å². The van der Waals surface area contributed by atoms with Crippen molar-refractivity contribution >= 4 is 52.0 Å². The van der Waals surface area contributed by atoms with Crippen molar-refractivity contribution < 1.29 is 9.90 Å². The number of carbonyl (C=O) groups excluding carboxylic acids is 1. The van der Waals surface area contributed by atoms with Crippen molar-refractivity contribution in [1.29, 1.82) is 0 Å². The predicted molar refractivity (Wildman–Crippen MR) is 80.9 cm³/mol. The van der Waals surface area contributed by atoms with E-state index >= 15 is 0 Å². The molecule has 0 aliphatic carbocycles.